The molecule has 2 heteroatoms. The van der Waals surface area contributed by atoms with E-state index in [1.807, 2.05) is 0 Å². The van der Waals surface area contributed by atoms with Crippen molar-refractivity contribution in [1.82, 2.24) is 5.32 Å². The van der Waals surface area contributed by atoms with Crippen molar-refractivity contribution in [1.29, 1.82) is 0 Å². The standard InChI is InChI=1S/C8H15NO/c1-2-3-7-6-8(10)4-5-9-7/h7,9H,2-6H2,1H3/t7-/m1/s1. The molecule has 2 nitrogen and oxygen atoms in total. The molecule has 1 saturated heterocycles. The summed E-state index contributed by atoms with van der Waals surface area (Å²) in [7, 11) is 0. The first kappa shape index (κ1) is 7.73. The van der Waals surface area contributed by atoms with E-state index in [4.69, 9.17) is 0 Å². The van der Waals surface area contributed by atoms with Gasteiger partial charge in [-0.25, -0.2) is 0 Å². The van der Waals surface area contributed by atoms with Crippen LogP contribution in [0.4, 0.5) is 0 Å². The van der Waals surface area contributed by atoms with Gasteiger partial charge < -0.3 is 5.32 Å². The van der Waals surface area contributed by atoms with Crippen molar-refractivity contribution in [3.63, 3.8) is 0 Å². The third-order valence-electron chi connectivity index (χ3n) is 1.95. The molecular formula is C8H15NO. The van der Waals surface area contributed by atoms with Crippen LogP contribution in [0.5, 0.6) is 0 Å². The number of hydrogen-bond acceptors (Lipinski definition) is 2. The van der Waals surface area contributed by atoms with Gasteiger partial charge in [0.25, 0.3) is 0 Å². The van der Waals surface area contributed by atoms with Gasteiger partial charge in [-0.2, -0.15) is 0 Å². The van der Waals surface area contributed by atoms with E-state index in [-0.39, 0.29) is 0 Å². The van der Waals surface area contributed by atoms with Crippen molar-refractivity contribution < 1.29 is 4.79 Å². The Bertz CT molecular complexity index is 120. The summed E-state index contributed by atoms with van der Waals surface area (Å²) in [6, 6.07) is 0.478. The lowest BCUT2D eigenvalue weighted by molar-refractivity contribution is -0.120. The number of rotatable bonds is 2. The molecule has 0 aromatic carbocycles. The Morgan fingerprint density at radius 1 is 1.70 bits per heavy atom. The van der Waals surface area contributed by atoms with Gasteiger partial charge in [0.1, 0.15) is 5.78 Å². The minimum absolute atomic E-state index is 0.428. The Kier molecular flexibility index (Phi) is 2.87. The Labute approximate surface area is 62.0 Å². The summed E-state index contributed by atoms with van der Waals surface area (Å²) in [5.41, 5.74) is 0. The third-order valence-corrected chi connectivity index (χ3v) is 1.95. The first-order valence-electron chi connectivity index (χ1n) is 4.08. The highest BCUT2D eigenvalue weighted by Gasteiger charge is 2.16. The van der Waals surface area contributed by atoms with Gasteiger partial charge in [-0.1, -0.05) is 13.3 Å². The fourth-order valence-corrected chi connectivity index (χ4v) is 1.42. The van der Waals surface area contributed by atoms with E-state index in [9.17, 15) is 4.79 Å². The largest absolute Gasteiger partial charge is 0.313 e. The molecule has 0 radical (unpaired) electrons. The van der Waals surface area contributed by atoms with E-state index in [1.165, 1.54) is 6.42 Å². The number of nitrogens with one attached hydrogen (secondary N) is 1. The Morgan fingerprint density at radius 3 is 3.10 bits per heavy atom. The predicted molar refractivity (Wildman–Crippen MR) is 40.9 cm³/mol. The Hall–Kier alpha value is -0.370. The lowest BCUT2D eigenvalue weighted by atomic mass is 10.00. The summed E-state index contributed by atoms with van der Waals surface area (Å²) in [6.07, 6.45) is 3.81. The van der Waals surface area contributed by atoms with Crippen LogP contribution < -0.4 is 5.32 Å². The Balaban J connectivity index is 2.25. The zero-order valence-electron chi connectivity index (χ0n) is 6.52. The number of piperidine rings is 1. The van der Waals surface area contributed by atoms with Crippen LogP contribution in [0.25, 0.3) is 0 Å². The van der Waals surface area contributed by atoms with E-state index in [0.29, 0.717) is 11.8 Å². The zero-order chi connectivity index (χ0) is 7.40. The second-order valence-corrected chi connectivity index (χ2v) is 2.93. The second-order valence-electron chi connectivity index (χ2n) is 2.93. The van der Waals surface area contributed by atoms with Gasteiger partial charge in [0.15, 0.2) is 0 Å². The highest BCUT2D eigenvalue weighted by Crippen LogP contribution is 2.08. The zero-order valence-corrected chi connectivity index (χ0v) is 6.52. The number of Topliss-reactive ketones (excluding diaryl/α,β-unsaturated/α-hetero) is 1. The fourth-order valence-electron chi connectivity index (χ4n) is 1.42. The molecule has 58 valence electrons. The molecule has 1 rings (SSSR count). The van der Waals surface area contributed by atoms with Crippen molar-refractivity contribution in [2.24, 2.45) is 0 Å². The molecule has 1 fully saturated rings. The van der Waals surface area contributed by atoms with Crippen molar-refractivity contribution in [3.8, 4) is 0 Å². The molecule has 10 heavy (non-hydrogen) atoms. The SMILES string of the molecule is CCC[C@@H]1CC(=O)CCN1. The Morgan fingerprint density at radius 2 is 2.50 bits per heavy atom. The van der Waals surface area contributed by atoms with Crippen LogP contribution in [0.15, 0.2) is 0 Å². The summed E-state index contributed by atoms with van der Waals surface area (Å²) in [5, 5.41) is 3.33. The van der Waals surface area contributed by atoms with Gasteiger partial charge in [-0.15, -0.1) is 0 Å². The molecule has 0 bridgehead atoms. The van der Waals surface area contributed by atoms with Gasteiger partial charge in [-0.05, 0) is 6.42 Å². The average molecular weight is 141 g/mol. The minimum atomic E-state index is 0.428. The fraction of sp³-hybridized carbons (Fsp3) is 0.875. The van der Waals surface area contributed by atoms with Gasteiger partial charge in [0, 0.05) is 25.4 Å². The summed E-state index contributed by atoms with van der Waals surface area (Å²) >= 11 is 0. The van der Waals surface area contributed by atoms with Gasteiger partial charge >= 0.3 is 0 Å². The summed E-state index contributed by atoms with van der Waals surface area (Å²) in [4.78, 5) is 10.9. The number of carbonyl (C=O) groups is 1. The molecule has 0 aliphatic carbocycles. The van der Waals surface area contributed by atoms with E-state index < -0.39 is 0 Å². The maximum atomic E-state index is 10.9. The van der Waals surface area contributed by atoms with Crippen molar-refractivity contribution in [2.75, 3.05) is 6.54 Å². The first-order chi connectivity index (χ1) is 4.83. The molecule has 0 spiro atoms. The topological polar surface area (TPSA) is 29.1 Å². The van der Waals surface area contributed by atoms with Crippen molar-refractivity contribution in [3.05, 3.63) is 0 Å². The quantitative estimate of drug-likeness (QED) is 0.624. The number of carbonyl (C=O) groups excluding carboxylic acids is 1. The normalized spacial score (nSPS) is 26.9. The first-order valence-corrected chi connectivity index (χ1v) is 4.08. The van der Waals surface area contributed by atoms with Crippen LogP contribution in [0.3, 0.4) is 0 Å². The van der Waals surface area contributed by atoms with E-state index in [1.54, 1.807) is 0 Å². The molecule has 1 heterocycles. The smallest absolute Gasteiger partial charge is 0.135 e. The lowest BCUT2D eigenvalue weighted by Crippen LogP contribution is -2.37. The van der Waals surface area contributed by atoms with Gasteiger partial charge in [0.05, 0.1) is 0 Å². The summed E-state index contributed by atoms with van der Waals surface area (Å²) in [6.45, 7) is 3.05. The van der Waals surface area contributed by atoms with Crippen molar-refractivity contribution in [2.45, 2.75) is 38.6 Å². The maximum Gasteiger partial charge on any atom is 0.135 e. The highest BCUT2D eigenvalue weighted by atomic mass is 16.1. The second kappa shape index (κ2) is 3.71. The molecule has 0 aromatic heterocycles. The molecule has 1 N–H and O–H groups in total. The predicted octanol–water partition coefficient (Wildman–Crippen LogP) is 1.11. The van der Waals surface area contributed by atoms with Crippen LogP contribution in [-0.4, -0.2) is 18.4 Å². The summed E-state index contributed by atoms with van der Waals surface area (Å²) < 4.78 is 0. The van der Waals surface area contributed by atoms with Crippen LogP contribution in [0.1, 0.15) is 32.6 Å². The maximum absolute atomic E-state index is 10.9. The van der Waals surface area contributed by atoms with Gasteiger partial charge in [0.2, 0.25) is 0 Å². The van der Waals surface area contributed by atoms with Crippen LogP contribution in [-0.2, 0) is 4.79 Å². The minimum Gasteiger partial charge on any atom is -0.313 e. The molecular weight excluding hydrogens is 126 g/mol. The molecule has 1 aliphatic rings. The molecule has 1 aliphatic heterocycles. The van der Waals surface area contributed by atoms with E-state index in [0.717, 1.165) is 25.8 Å². The molecule has 0 aromatic rings. The number of ketones is 1. The van der Waals surface area contributed by atoms with Crippen molar-refractivity contribution >= 4 is 5.78 Å². The van der Waals surface area contributed by atoms with Crippen LogP contribution >= 0.6 is 0 Å². The lowest BCUT2D eigenvalue weighted by Gasteiger charge is -2.21. The molecule has 0 unspecified atom stereocenters. The van der Waals surface area contributed by atoms with E-state index >= 15 is 0 Å². The number of hydrogen-bond donors (Lipinski definition) is 1. The molecule has 0 amide bonds. The summed E-state index contributed by atoms with van der Waals surface area (Å²) in [5.74, 6) is 0.428. The third kappa shape index (κ3) is 2.10. The molecule has 1 atom stereocenters. The van der Waals surface area contributed by atoms with E-state index in [2.05, 4.69) is 12.2 Å². The van der Waals surface area contributed by atoms with Crippen LogP contribution in [0, 0.1) is 0 Å². The highest BCUT2D eigenvalue weighted by molar-refractivity contribution is 5.79. The average Bonchev–Trinajstić information content (AvgIpc) is 1.88. The van der Waals surface area contributed by atoms with Crippen LogP contribution in [0.2, 0.25) is 0 Å². The molecule has 0 saturated carbocycles. The monoisotopic (exact) mass is 141 g/mol. The van der Waals surface area contributed by atoms with Gasteiger partial charge in [-0.3, -0.25) is 4.79 Å².